The van der Waals surface area contributed by atoms with Gasteiger partial charge in [0.05, 0.1) is 0 Å². The van der Waals surface area contributed by atoms with E-state index in [2.05, 4.69) is 10.6 Å². The molecule has 2 N–H and O–H groups in total. The SMILES string of the molecule is CCN(CC(=O)Nc1ccc(NC(C)=O)cc1)C(=O)C1=COCCO1. The fraction of sp³-hybridized carbons (Fsp3) is 0.353. The Balaban J connectivity index is 1.92. The molecule has 1 aromatic carbocycles. The van der Waals surface area contributed by atoms with Crippen LogP contribution in [-0.4, -0.2) is 48.9 Å². The van der Waals surface area contributed by atoms with Crippen molar-refractivity contribution in [3.8, 4) is 0 Å². The van der Waals surface area contributed by atoms with Gasteiger partial charge < -0.3 is 25.0 Å². The molecule has 1 aliphatic rings. The summed E-state index contributed by atoms with van der Waals surface area (Å²) in [5, 5.41) is 5.35. The number of ether oxygens (including phenoxy) is 2. The average molecular weight is 347 g/mol. The highest BCUT2D eigenvalue weighted by atomic mass is 16.6. The van der Waals surface area contributed by atoms with Gasteiger partial charge in [-0.15, -0.1) is 0 Å². The maximum atomic E-state index is 12.3. The molecule has 3 amide bonds. The number of nitrogens with zero attached hydrogens (tertiary/aromatic N) is 1. The first-order valence-corrected chi connectivity index (χ1v) is 7.91. The van der Waals surface area contributed by atoms with Crippen molar-refractivity contribution in [2.45, 2.75) is 13.8 Å². The molecule has 134 valence electrons. The molecule has 0 radical (unpaired) electrons. The van der Waals surface area contributed by atoms with Crippen LogP contribution in [0, 0.1) is 0 Å². The van der Waals surface area contributed by atoms with E-state index in [1.54, 1.807) is 31.2 Å². The van der Waals surface area contributed by atoms with E-state index in [-0.39, 0.29) is 24.1 Å². The molecule has 1 heterocycles. The van der Waals surface area contributed by atoms with Crippen molar-refractivity contribution in [2.24, 2.45) is 0 Å². The zero-order valence-electron chi connectivity index (χ0n) is 14.2. The van der Waals surface area contributed by atoms with Gasteiger partial charge in [-0.3, -0.25) is 14.4 Å². The largest absolute Gasteiger partial charge is 0.494 e. The minimum absolute atomic E-state index is 0.0977. The molecule has 0 saturated heterocycles. The van der Waals surface area contributed by atoms with Gasteiger partial charge in [0.15, 0.2) is 0 Å². The van der Waals surface area contributed by atoms with Gasteiger partial charge in [0.1, 0.15) is 26.0 Å². The predicted octanol–water partition coefficient (Wildman–Crippen LogP) is 1.32. The molecular weight excluding hydrogens is 326 g/mol. The van der Waals surface area contributed by atoms with Gasteiger partial charge in [-0.1, -0.05) is 0 Å². The summed E-state index contributed by atoms with van der Waals surface area (Å²) in [7, 11) is 0. The molecule has 0 fully saturated rings. The summed E-state index contributed by atoms with van der Waals surface area (Å²) in [4.78, 5) is 36.8. The molecule has 0 aliphatic carbocycles. The first-order chi connectivity index (χ1) is 12.0. The standard InChI is InChI=1S/C17H21N3O5/c1-3-20(17(23)15-11-24-8-9-25-15)10-16(22)19-14-6-4-13(5-7-14)18-12(2)21/h4-7,11H,3,8-10H2,1-2H3,(H,18,21)(H,19,22). The lowest BCUT2D eigenvalue weighted by molar-refractivity contribution is -0.135. The summed E-state index contributed by atoms with van der Waals surface area (Å²) in [5.41, 5.74) is 1.20. The number of hydrogen-bond donors (Lipinski definition) is 2. The predicted molar refractivity (Wildman–Crippen MR) is 91.6 cm³/mol. The van der Waals surface area contributed by atoms with E-state index < -0.39 is 5.91 Å². The van der Waals surface area contributed by atoms with E-state index in [0.717, 1.165) is 0 Å². The second kappa shape index (κ2) is 8.72. The van der Waals surface area contributed by atoms with Gasteiger partial charge in [-0.2, -0.15) is 0 Å². The molecule has 2 rings (SSSR count). The Morgan fingerprint density at radius 1 is 1.08 bits per heavy atom. The lowest BCUT2D eigenvalue weighted by Gasteiger charge is -2.23. The van der Waals surface area contributed by atoms with Crippen LogP contribution < -0.4 is 10.6 Å². The Morgan fingerprint density at radius 3 is 2.24 bits per heavy atom. The maximum Gasteiger partial charge on any atom is 0.292 e. The average Bonchev–Trinajstić information content (AvgIpc) is 2.61. The molecule has 0 bridgehead atoms. The molecular formula is C17H21N3O5. The van der Waals surface area contributed by atoms with Crippen LogP contribution in [0.1, 0.15) is 13.8 Å². The van der Waals surface area contributed by atoms with Crippen LogP contribution in [0.15, 0.2) is 36.3 Å². The second-order valence-corrected chi connectivity index (χ2v) is 5.33. The van der Waals surface area contributed by atoms with Crippen molar-refractivity contribution in [1.82, 2.24) is 4.90 Å². The zero-order valence-corrected chi connectivity index (χ0v) is 14.2. The van der Waals surface area contributed by atoms with Crippen molar-refractivity contribution in [3.63, 3.8) is 0 Å². The Bertz CT molecular complexity index is 669. The summed E-state index contributed by atoms with van der Waals surface area (Å²) in [6.07, 6.45) is 1.27. The lowest BCUT2D eigenvalue weighted by atomic mass is 10.2. The third-order valence-corrected chi connectivity index (χ3v) is 3.35. The van der Waals surface area contributed by atoms with Crippen LogP contribution in [-0.2, 0) is 23.9 Å². The number of rotatable bonds is 6. The van der Waals surface area contributed by atoms with Crippen molar-refractivity contribution in [3.05, 3.63) is 36.3 Å². The number of carbonyl (C=O) groups excluding carboxylic acids is 3. The number of carbonyl (C=O) groups is 3. The quantitative estimate of drug-likeness (QED) is 0.809. The molecule has 0 atom stereocenters. The minimum atomic E-state index is -0.390. The fourth-order valence-corrected chi connectivity index (χ4v) is 2.18. The van der Waals surface area contributed by atoms with Crippen molar-refractivity contribution >= 4 is 29.1 Å². The van der Waals surface area contributed by atoms with Crippen molar-refractivity contribution in [1.29, 1.82) is 0 Å². The molecule has 25 heavy (non-hydrogen) atoms. The van der Waals surface area contributed by atoms with Crippen LogP contribution in [0.2, 0.25) is 0 Å². The van der Waals surface area contributed by atoms with Gasteiger partial charge in [0, 0.05) is 24.8 Å². The highest BCUT2D eigenvalue weighted by Crippen LogP contribution is 2.14. The summed E-state index contributed by atoms with van der Waals surface area (Å²) < 4.78 is 10.3. The van der Waals surface area contributed by atoms with E-state index in [0.29, 0.717) is 31.1 Å². The van der Waals surface area contributed by atoms with E-state index >= 15 is 0 Å². The lowest BCUT2D eigenvalue weighted by Crippen LogP contribution is -2.39. The van der Waals surface area contributed by atoms with E-state index in [1.165, 1.54) is 18.1 Å². The van der Waals surface area contributed by atoms with Crippen LogP contribution in [0.3, 0.4) is 0 Å². The Hall–Kier alpha value is -3.03. The van der Waals surface area contributed by atoms with Gasteiger partial charge in [0.2, 0.25) is 17.6 Å². The summed E-state index contributed by atoms with van der Waals surface area (Å²) >= 11 is 0. The fourth-order valence-electron chi connectivity index (χ4n) is 2.18. The number of nitrogens with one attached hydrogen (secondary N) is 2. The first-order valence-electron chi connectivity index (χ1n) is 7.91. The number of hydrogen-bond acceptors (Lipinski definition) is 5. The van der Waals surface area contributed by atoms with Crippen LogP contribution in [0.25, 0.3) is 0 Å². The summed E-state index contributed by atoms with van der Waals surface area (Å²) in [6, 6.07) is 6.69. The van der Waals surface area contributed by atoms with E-state index in [4.69, 9.17) is 9.47 Å². The van der Waals surface area contributed by atoms with E-state index in [9.17, 15) is 14.4 Å². The highest BCUT2D eigenvalue weighted by molar-refractivity contribution is 5.98. The monoisotopic (exact) mass is 347 g/mol. The molecule has 0 unspecified atom stereocenters. The molecule has 1 aromatic rings. The summed E-state index contributed by atoms with van der Waals surface area (Å²) in [5.74, 6) is -0.796. The molecule has 0 aromatic heterocycles. The zero-order chi connectivity index (χ0) is 18.2. The number of anilines is 2. The summed E-state index contributed by atoms with van der Waals surface area (Å²) in [6.45, 7) is 4.15. The van der Waals surface area contributed by atoms with Gasteiger partial charge in [0.25, 0.3) is 5.91 Å². The smallest absolute Gasteiger partial charge is 0.292 e. The number of benzene rings is 1. The minimum Gasteiger partial charge on any atom is -0.494 e. The Kier molecular flexibility index (Phi) is 6.39. The number of likely N-dealkylation sites (N-methyl/N-ethyl adjacent to an activating group) is 1. The molecule has 0 saturated carbocycles. The van der Waals surface area contributed by atoms with Crippen LogP contribution in [0.4, 0.5) is 11.4 Å². The van der Waals surface area contributed by atoms with Crippen molar-refractivity contribution in [2.75, 3.05) is 36.9 Å². The molecule has 8 heteroatoms. The highest BCUT2D eigenvalue weighted by Gasteiger charge is 2.23. The number of amides is 3. The van der Waals surface area contributed by atoms with E-state index in [1.807, 2.05) is 0 Å². The van der Waals surface area contributed by atoms with Crippen LogP contribution >= 0.6 is 0 Å². The topological polar surface area (TPSA) is 97.0 Å². The second-order valence-electron chi connectivity index (χ2n) is 5.33. The first kappa shape index (κ1) is 18.3. The third-order valence-electron chi connectivity index (χ3n) is 3.35. The van der Waals surface area contributed by atoms with Gasteiger partial charge in [-0.05, 0) is 31.2 Å². The molecule has 0 spiro atoms. The Labute approximate surface area is 145 Å². The normalized spacial score (nSPS) is 13.0. The van der Waals surface area contributed by atoms with Crippen LogP contribution in [0.5, 0.6) is 0 Å². The molecule has 8 nitrogen and oxygen atoms in total. The van der Waals surface area contributed by atoms with Gasteiger partial charge in [-0.25, -0.2) is 0 Å². The van der Waals surface area contributed by atoms with Gasteiger partial charge >= 0.3 is 0 Å². The van der Waals surface area contributed by atoms with Crippen molar-refractivity contribution < 1.29 is 23.9 Å². The maximum absolute atomic E-state index is 12.3. The molecule has 1 aliphatic heterocycles. The third kappa shape index (κ3) is 5.52. The Morgan fingerprint density at radius 2 is 1.72 bits per heavy atom.